The van der Waals surface area contributed by atoms with Gasteiger partial charge in [0.15, 0.2) is 0 Å². The summed E-state index contributed by atoms with van der Waals surface area (Å²) in [6.45, 7) is 13.2. The minimum Gasteiger partial charge on any atom is -0.463 e. The Morgan fingerprint density at radius 2 is 1.52 bits per heavy atom. The molecule has 0 saturated heterocycles. The Balaban J connectivity index is -0.000000141. The van der Waals surface area contributed by atoms with E-state index in [1.165, 1.54) is 6.92 Å². The zero-order chi connectivity index (χ0) is 15.9. The van der Waals surface area contributed by atoms with E-state index in [1.54, 1.807) is 6.92 Å². The van der Waals surface area contributed by atoms with Crippen LogP contribution in [0.25, 0.3) is 0 Å². The fraction of sp³-hybridized carbons (Fsp3) is 0.778. The number of hydrogen-bond donors (Lipinski definition) is 0. The van der Waals surface area contributed by atoms with Gasteiger partial charge >= 0.3 is 11.8 Å². The third-order valence-electron chi connectivity index (χ3n) is 2.72. The maximum atomic E-state index is 10.6. The molecule has 0 fully saturated rings. The molecule has 0 spiro atoms. The second-order valence-corrected chi connectivity index (χ2v) is 5.59. The van der Waals surface area contributed by atoms with Gasteiger partial charge in [-0.2, -0.15) is 0 Å². The Morgan fingerprint density at radius 1 is 1.04 bits per heavy atom. The van der Waals surface area contributed by atoms with Crippen LogP contribution in [0.4, 0.5) is 0 Å². The van der Waals surface area contributed by atoms with Crippen molar-refractivity contribution in [2.75, 3.05) is 0 Å². The Bertz CT molecular complexity index is 454. The molecule has 0 saturated carbocycles. The fourth-order valence-corrected chi connectivity index (χ4v) is 1.33. The van der Waals surface area contributed by atoms with Gasteiger partial charge in [-0.1, -0.05) is 50.0 Å². The summed E-state index contributed by atoms with van der Waals surface area (Å²) in [4.78, 5) is 20.9. The molecule has 0 amide bonds. The van der Waals surface area contributed by atoms with Crippen molar-refractivity contribution in [3.63, 3.8) is 0 Å². The molecular weight excluding hydrogens is 296 g/mol. The van der Waals surface area contributed by atoms with E-state index in [0.29, 0.717) is 23.4 Å². The average Bonchev–Trinajstić information content (AvgIpc) is 2.56. The maximum Gasteiger partial charge on any atom is 0.519 e. The summed E-state index contributed by atoms with van der Waals surface area (Å²) >= 11 is 0. The molecule has 0 aliphatic carbocycles. The lowest BCUT2D eigenvalue weighted by Gasteiger charge is -2.14. The average molecular weight is 334 g/mol. The quantitative estimate of drug-likeness (QED) is 0.704. The van der Waals surface area contributed by atoms with E-state index in [0.717, 1.165) is 6.42 Å². The second-order valence-electron chi connectivity index (χ2n) is 5.59. The van der Waals surface area contributed by atoms with Crippen LogP contribution in [-0.4, -0.2) is 12.1 Å². The normalized spacial score (nSPS) is 10.5. The Hall–Kier alpha value is -1.52. The van der Waals surface area contributed by atoms with E-state index in [2.05, 4.69) is 13.8 Å². The number of hydrogen-bond acceptors (Lipinski definition) is 5. The topological polar surface area (TPSA) is 69.7 Å². The lowest BCUT2D eigenvalue weighted by atomic mass is 10.1. The summed E-state index contributed by atoms with van der Waals surface area (Å²) in [7, 11) is 0. The molecule has 0 radical (unpaired) electrons. The van der Waals surface area contributed by atoms with Crippen molar-refractivity contribution in [3.05, 3.63) is 22.1 Å². The number of carbonyl (C=O) groups is 1. The summed E-state index contributed by atoms with van der Waals surface area (Å²) in [5.41, 5.74) is 0. The first kappa shape index (κ1) is 29.5. The number of rotatable bonds is 4. The molecule has 5 heteroatoms. The monoisotopic (exact) mass is 334 g/mol. The van der Waals surface area contributed by atoms with Crippen molar-refractivity contribution in [2.24, 2.45) is 11.8 Å². The SMILES string of the molecule is C.C.C.CC(=O)OC(C)C(C)C.Cc1oc(=O)oc1CC(C)C. The highest BCUT2D eigenvalue weighted by atomic mass is 16.6. The van der Waals surface area contributed by atoms with Crippen LogP contribution < -0.4 is 5.82 Å². The highest BCUT2D eigenvalue weighted by Crippen LogP contribution is 2.10. The van der Waals surface area contributed by atoms with Crippen molar-refractivity contribution >= 4 is 5.97 Å². The van der Waals surface area contributed by atoms with Gasteiger partial charge in [-0.15, -0.1) is 0 Å². The zero-order valence-electron chi connectivity index (χ0n) is 13.5. The van der Waals surface area contributed by atoms with Crippen molar-refractivity contribution in [2.45, 2.75) is 83.3 Å². The van der Waals surface area contributed by atoms with Crippen molar-refractivity contribution < 1.29 is 18.4 Å². The number of aryl methyl sites for hydroxylation is 1. The Labute approximate surface area is 142 Å². The zero-order valence-corrected chi connectivity index (χ0v) is 13.5. The highest BCUT2D eigenvalue weighted by Gasteiger charge is 2.09. The third kappa shape index (κ3) is 13.8. The van der Waals surface area contributed by atoms with E-state index in [4.69, 9.17) is 13.6 Å². The smallest absolute Gasteiger partial charge is 0.463 e. The molecule has 0 N–H and O–H groups in total. The van der Waals surface area contributed by atoms with Crippen LogP contribution in [0.2, 0.25) is 0 Å². The van der Waals surface area contributed by atoms with Crippen LogP contribution in [0.1, 0.15) is 75.3 Å². The predicted molar refractivity (Wildman–Crippen MR) is 96.8 cm³/mol. The number of esters is 1. The van der Waals surface area contributed by atoms with Crippen LogP contribution in [0.3, 0.4) is 0 Å². The first-order valence-corrected chi connectivity index (χ1v) is 6.90. The lowest BCUT2D eigenvalue weighted by molar-refractivity contribution is -0.147. The van der Waals surface area contributed by atoms with Gasteiger partial charge in [-0.25, -0.2) is 4.79 Å². The predicted octanol–water partition coefficient (Wildman–Crippen LogP) is 5.24. The summed E-state index contributed by atoms with van der Waals surface area (Å²) < 4.78 is 14.4. The highest BCUT2D eigenvalue weighted by molar-refractivity contribution is 5.66. The van der Waals surface area contributed by atoms with Crippen LogP contribution in [0, 0.1) is 18.8 Å². The van der Waals surface area contributed by atoms with Gasteiger partial charge in [0.1, 0.15) is 17.6 Å². The van der Waals surface area contributed by atoms with Gasteiger partial charge in [0.25, 0.3) is 0 Å². The summed E-state index contributed by atoms with van der Waals surface area (Å²) in [6.07, 6.45) is 0.805. The molecular formula is C18H38O5. The van der Waals surface area contributed by atoms with Gasteiger partial charge < -0.3 is 13.6 Å². The van der Waals surface area contributed by atoms with Crippen LogP contribution in [0.15, 0.2) is 13.6 Å². The van der Waals surface area contributed by atoms with Gasteiger partial charge in [0, 0.05) is 13.3 Å². The van der Waals surface area contributed by atoms with Crippen molar-refractivity contribution in [1.82, 2.24) is 0 Å². The minimum atomic E-state index is -0.599. The van der Waals surface area contributed by atoms with E-state index in [-0.39, 0.29) is 34.4 Å². The molecule has 1 aromatic heterocycles. The van der Waals surface area contributed by atoms with Gasteiger partial charge in [0.2, 0.25) is 0 Å². The summed E-state index contributed by atoms with van der Waals surface area (Å²) in [5.74, 6) is 1.37. The molecule has 1 atom stereocenters. The second kappa shape index (κ2) is 14.1. The van der Waals surface area contributed by atoms with Crippen molar-refractivity contribution in [3.8, 4) is 0 Å². The number of ether oxygens (including phenoxy) is 1. The van der Waals surface area contributed by atoms with E-state index >= 15 is 0 Å². The molecule has 0 aromatic carbocycles. The Kier molecular flexibility index (Phi) is 18.1. The fourth-order valence-electron chi connectivity index (χ4n) is 1.33. The third-order valence-corrected chi connectivity index (χ3v) is 2.72. The number of carbonyl (C=O) groups excluding carboxylic acids is 1. The van der Waals surface area contributed by atoms with Crippen LogP contribution >= 0.6 is 0 Å². The molecule has 1 heterocycles. The molecule has 0 bridgehead atoms. The van der Waals surface area contributed by atoms with Gasteiger partial charge in [-0.3, -0.25) is 4.79 Å². The molecule has 0 aliphatic rings. The van der Waals surface area contributed by atoms with Crippen LogP contribution in [0.5, 0.6) is 0 Å². The first-order chi connectivity index (χ1) is 9.13. The van der Waals surface area contributed by atoms with Crippen molar-refractivity contribution in [1.29, 1.82) is 0 Å². The summed E-state index contributed by atoms with van der Waals surface area (Å²) in [5, 5.41) is 0. The van der Waals surface area contributed by atoms with Gasteiger partial charge in [-0.05, 0) is 25.7 Å². The molecule has 1 unspecified atom stereocenters. The molecule has 0 aliphatic heterocycles. The van der Waals surface area contributed by atoms with E-state index in [1.807, 2.05) is 20.8 Å². The first-order valence-electron chi connectivity index (χ1n) is 6.90. The molecule has 23 heavy (non-hydrogen) atoms. The molecule has 1 aromatic rings. The maximum absolute atomic E-state index is 10.6. The standard InChI is InChI=1S/C8H12O3.C7H14O2.3CH4/c1-5(2)4-7-6(3)10-8(9)11-7;1-5(2)6(3)9-7(4)8;;;/h5H,4H2,1-3H3;5-6H,1-4H3;3*1H4. The molecule has 1 rings (SSSR count). The van der Waals surface area contributed by atoms with Gasteiger partial charge in [0.05, 0.1) is 0 Å². The van der Waals surface area contributed by atoms with Crippen LogP contribution in [-0.2, 0) is 16.0 Å². The van der Waals surface area contributed by atoms with E-state index in [9.17, 15) is 9.59 Å². The molecule has 140 valence electrons. The largest absolute Gasteiger partial charge is 0.519 e. The Morgan fingerprint density at radius 3 is 1.74 bits per heavy atom. The summed E-state index contributed by atoms with van der Waals surface area (Å²) in [6, 6.07) is 0. The minimum absolute atomic E-state index is 0. The van der Waals surface area contributed by atoms with E-state index < -0.39 is 5.82 Å². The molecule has 5 nitrogen and oxygen atoms in total. The lowest BCUT2D eigenvalue weighted by Crippen LogP contribution is -2.17.